The molecule has 2 aromatic carbocycles. The number of H-pyrrole nitrogens is 1. The molecule has 0 spiro atoms. The zero-order chi connectivity index (χ0) is 25.5. The van der Waals surface area contributed by atoms with Gasteiger partial charge in [0.15, 0.2) is 5.75 Å². The molecule has 0 aliphatic rings. The highest BCUT2D eigenvalue weighted by Crippen LogP contribution is 2.45. The van der Waals surface area contributed by atoms with Gasteiger partial charge < -0.3 is 4.74 Å². The minimum absolute atomic E-state index is 0.0791. The van der Waals surface area contributed by atoms with Crippen molar-refractivity contribution < 1.29 is 44.4 Å². The molecule has 0 saturated carbocycles. The van der Waals surface area contributed by atoms with Crippen LogP contribution in [0.1, 0.15) is 15.2 Å². The maximum Gasteiger partial charge on any atom is 0.420 e. The number of hydrogen-bond acceptors (Lipinski definition) is 5. The van der Waals surface area contributed by atoms with E-state index in [4.69, 9.17) is 8.85 Å². The van der Waals surface area contributed by atoms with Crippen molar-refractivity contribution in [1.29, 1.82) is 0 Å². The van der Waals surface area contributed by atoms with Crippen molar-refractivity contribution in [2.75, 3.05) is 11.9 Å². The number of hydrogen-bond donors (Lipinski definition) is 1. The fourth-order valence-electron chi connectivity index (χ4n) is 2.38. The smallest absolute Gasteiger partial charge is 0.409 e. The molecule has 14 heteroatoms. The van der Waals surface area contributed by atoms with E-state index in [9.17, 15) is 35.5 Å². The summed E-state index contributed by atoms with van der Waals surface area (Å²) in [6.45, 7) is -3.34. The van der Waals surface area contributed by atoms with E-state index in [1.807, 2.05) is 5.21 Å². The number of benzene rings is 2. The fourth-order valence-corrected chi connectivity index (χ4v) is 2.38. The summed E-state index contributed by atoms with van der Waals surface area (Å²) in [6, 6.07) is 3.07. The normalized spacial score (nSPS) is 13.8. The summed E-state index contributed by atoms with van der Waals surface area (Å²) >= 11 is 0. The molecule has 0 fully saturated rings. The zero-order valence-corrected chi connectivity index (χ0v) is 14.7. The second-order valence-electron chi connectivity index (χ2n) is 5.81. The highest BCUT2D eigenvalue weighted by molar-refractivity contribution is 5.90. The third-order valence-corrected chi connectivity index (χ3v) is 3.76. The largest absolute Gasteiger partial charge is 0.420 e. The van der Waals surface area contributed by atoms with Crippen LogP contribution in [0, 0.1) is 5.82 Å². The highest BCUT2D eigenvalue weighted by atomic mass is 19.4. The number of halogens is 7. The van der Waals surface area contributed by atoms with E-state index in [0.29, 0.717) is 0 Å². The lowest BCUT2D eigenvalue weighted by Crippen LogP contribution is -2.30. The van der Waals surface area contributed by atoms with E-state index in [1.165, 1.54) is 0 Å². The van der Waals surface area contributed by atoms with Gasteiger partial charge in [-0.1, -0.05) is 0 Å². The molecule has 0 unspecified atom stereocenters. The molecule has 7 nitrogen and oxygen atoms in total. The summed E-state index contributed by atoms with van der Waals surface area (Å²) in [5.74, 6) is -3.12. The van der Waals surface area contributed by atoms with Gasteiger partial charge in [0.05, 0.1) is 16.7 Å². The molecule has 3 aromatic rings. The number of nitrogens with one attached hydrogen (secondary N) is 1. The third kappa shape index (κ3) is 4.73. The van der Waals surface area contributed by atoms with Crippen LogP contribution in [0.15, 0.2) is 36.4 Å². The van der Waals surface area contributed by atoms with Gasteiger partial charge in [-0.05, 0) is 41.6 Å². The van der Waals surface area contributed by atoms with Crippen molar-refractivity contribution >= 4 is 11.8 Å². The Morgan fingerprint density at radius 2 is 1.77 bits per heavy atom. The van der Waals surface area contributed by atoms with Crippen molar-refractivity contribution in [2.45, 2.75) is 12.4 Å². The van der Waals surface area contributed by atoms with Crippen molar-refractivity contribution in [3.63, 3.8) is 0 Å². The summed E-state index contributed by atoms with van der Waals surface area (Å²) in [5, 5.41) is 11.5. The first-order valence-corrected chi connectivity index (χ1v) is 7.93. The average molecular weight is 452 g/mol. The van der Waals surface area contributed by atoms with Crippen LogP contribution in [0.3, 0.4) is 0 Å². The number of amides is 1. The topological polar surface area (TPSA) is 84.0 Å². The van der Waals surface area contributed by atoms with Gasteiger partial charge in [0.2, 0.25) is 5.82 Å². The molecule has 0 saturated heterocycles. The second-order valence-corrected chi connectivity index (χ2v) is 5.81. The number of carbonyl (C=O) groups is 1. The number of ether oxygens (including phenoxy) is 1. The van der Waals surface area contributed by atoms with Gasteiger partial charge in [0, 0.05) is 16.8 Å². The molecular weight excluding hydrogens is 439 g/mol. The predicted molar refractivity (Wildman–Crippen MR) is 90.4 cm³/mol. The van der Waals surface area contributed by atoms with Crippen LogP contribution in [0.2, 0.25) is 0 Å². The average Bonchev–Trinajstić information content (AvgIpc) is 3.21. The minimum Gasteiger partial charge on any atom is -0.409 e. The van der Waals surface area contributed by atoms with E-state index in [0.717, 1.165) is 24.3 Å². The monoisotopic (exact) mass is 452 g/mol. The molecule has 1 heterocycles. The van der Waals surface area contributed by atoms with Gasteiger partial charge in [-0.15, -0.1) is 10.2 Å². The molecule has 1 N–H and O–H groups in total. The predicted octanol–water partition coefficient (Wildman–Crippen LogP) is 4.68. The molecule has 0 aliphatic carbocycles. The SMILES string of the molecule is [2H]C([2H])([2H])N(C(=O)Oc1c(-c2nn[nH]n2)cc(C(F)(F)F)cc1C(F)(F)F)c1ccc(F)cc1. The molecule has 0 atom stereocenters. The van der Waals surface area contributed by atoms with Gasteiger partial charge in [0.1, 0.15) is 5.82 Å². The summed E-state index contributed by atoms with van der Waals surface area (Å²) in [5.41, 5.74) is -5.37. The molecule has 0 bridgehead atoms. The van der Waals surface area contributed by atoms with E-state index < -0.39 is 65.2 Å². The molecule has 3 rings (SSSR count). The lowest BCUT2D eigenvalue weighted by molar-refractivity contribution is -0.143. The lowest BCUT2D eigenvalue weighted by Gasteiger charge is -2.21. The van der Waals surface area contributed by atoms with Crippen LogP contribution < -0.4 is 9.64 Å². The maximum atomic E-state index is 13.7. The first-order valence-electron chi connectivity index (χ1n) is 9.43. The number of carbonyl (C=O) groups excluding carboxylic acids is 1. The van der Waals surface area contributed by atoms with E-state index in [2.05, 4.69) is 15.4 Å². The Morgan fingerprint density at radius 1 is 1.10 bits per heavy atom. The maximum absolute atomic E-state index is 13.7. The Morgan fingerprint density at radius 3 is 2.29 bits per heavy atom. The van der Waals surface area contributed by atoms with Crippen LogP contribution >= 0.6 is 0 Å². The first-order chi connectivity index (χ1) is 15.6. The number of aromatic nitrogens is 4. The van der Waals surface area contributed by atoms with Crippen molar-refractivity contribution in [3.05, 3.63) is 53.3 Å². The van der Waals surface area contributed by atoms with Crippen molar-refractivity contribution in [2.24, 2.45) is 0 Å². The lowest BCUT2D eigenvalue weighted by atomic mass is 10.0. The quantitative estimate of drug-likeness (QED) is 0.584. The van der Waals surface area contributed by atoms with Crippen LogP contribution in [-0.2, 0) is 12.4 Å². The summed E-state index contributed by atoms with van der Waals surface area (Å²) < 4.78 is 121. The van der Waals surface area contributed by atoms with Crippen LogP contribution in [0.25, 0.3) is 11.4 Å². The van der Waals surface area contributed by atoms with Gasteiger partial charge in [0.25, 0.3) is 0 Å². The zero-order valence-electron chi connectivity index (χ0n) is 17.7. The number of aromatic amines is 1. The van der Waals surface area contributed by atoms with Gasteiger partial charge >= 0.3 is 18.4 Å². The minimum atomic E-state index is -5.49. The van der Waals surface area contributed by atoms with Crippen LogP contribution in [-0.4, -0.2) is 33.7 Å². The number of nitrogens with zero attached hydrogens (tertiary/aromatic N) is 4. The second kappa shape index (κ2) is 7.85. The van der Waals surface area contributed by atoms with Crippen molar-refractivity contribution in [1.82, 2.24) is 20.6 Å². The number of alkyl halides is 6. The Balaban J connectivity index is 2.21. The molecule has 0 radical (unpaired) electrons. The Hall–Kier alpha value is -3.71. The molecule has 164 valence electrons. The van der Waals surface area contributed by atoms with Gasteiger partial charge in [-0.3, -0.25) is 4.90 Å². The molecular formula is C17H10F7N5O2. The molecule has 1 amide bonds. The molecule has 31 heavy (non-hydrogen) atoms. The first kappa shape index (κ1) is 18.1. The third-order valence-electron chi connectivity index (χ3n) is 3.76. The Labute approximate surface area is 172 Å². The van der Waals surface area contributed by atoms with E-state index >= 15 is 0 Å². The van der Waals surface area contributed by atoms with Gasteiger partial charge in [-0.2, -0.15) is 31.6 Å². The molecule has 1 aromatic heterocycles. The summed E-state index contributed by atoms with van der Waals surface area (Å²) in [4.78, 5) is 12.6. The van der Waals surface area contributed by atoms with E-state index in [1.54, 1.807) is 0 Å². The van der Waals surface area contributed by atoms with Crippen molar-refractivity contribution in [3.8, 4) is 17.1 Å². The Kier molecular flexibility index (Phi) is 4.58. The number of anilines is 1. The highest BCUT2D eigenvalue weighted by Gasteiger charge is 2.42. The standard InChI is InChI=1S/C17H10F7N5O2/c1-29(10-4-2-9(18)3-5-10)15(30)31-13-11(14-25-27-28-26-14)6-8(16(19,20)21)7-12(13)17(22,23)24/h2-7H,1H3,(H,25,26,27,28)/i1D3. The molecule has 0 aliphatic heterocycles. The summed E-state index contributed by atoms with van der Waals surface area (Å²) in [7, 11) is 0. The fraction of sp³-hybridized carbons (Fsp3) is 0.176. The number of rotatable bonds is 3. The van der Waals surface area contributed by atoms with Crippen LogP contribution in [0.5, 0.6) is 5.75 Å². The summed E-state index contributed by atoms with van der Waals surface area (Å²) in [6.07, 6.45) is -12.7. The van der Waals surface area contributed by atoms with E-state index in [-0.39, 0.29) is 17.0 Å². The Bertz CT molecular complexity index is 1180. The van der Waals surface area contributed by atoms with Crippen LogP contribution in [0.4, 0.5) is 41.2 Å². The number of tetrazole rings is 1. The van der Waals surface area contributed by atoms with Gasteiger partial charge in [-0.25, -0.2) is 9.18 Å².